The van der Waals surface area contributed by atoms with Gasteiger partial charge in [0, 0.05) is 25.0 Å². The van der Waals surface area contributed by atoms with Crippen LogP contribution in [0.1, 0.15) is 52.9 Å². The molecular formula is C21H24N4O2. The van der Waals surface area contributed by atoms with E-state index in [9.17, 15) is 9.59 Å². The van der Waals surface area contributed by atoms with E-state index in [2.05, 4.69) is 24.1 Å². The van der Waals surface area contributed by atoms with Gasteiger partial charge in [0.15, 0.2) is 0 Å². The predicted molar refractivity (Wildman–Crippen MR) is 106 cm³/mol. The van der Waals surface area contributed by atoms with Crippen LogP contribution >= 0.6 is 0 Å². The van der Waals surface area contributed by atoms with Gasteiger partial charge in [0.2, 0.25) is 0 Å². The maximum absolute atomic E-state index is 12.6. The van der Waals surface area contributed by atoms with Gasteiger partial charge in [-0.15, -0.1) is 0 Å². The van der Waals surface area contributed by atoms with E-state index in [1.807, 2.05) is 37.3 Å². The van der Waals surface area contributed by atoms with Crippen molar-refractivity contribution in [1.82, 2.24) is 14.7 Å². The highest BCUT2D eigenvalue weighted by molar-refractivity contribution is 5.93. The van der Waals surface area contributed by atoms with Crippen molar-refractivity contribution in [1.29, 1.82) is 0 Å². The number of aromatic nitrogens is 2. The highest BCUT2D eigenvalue weighted by Crippen LogP contribution is 2.17. The molecule has 0 saturated heterocycles. The van der Waals surface area contributed by atoms with Crippen LogP contribution in [0.15, 0.2) is 53.6 Å². The molecule has 0 spiro atoms. The molecule has 0 fully saturated rings. The number of nitrogens with one attached hydrogen (secondary N) is 1. The highest BCUT2D eigenvalue weighted by Gasteiger charge is 2.15. The number of fused-ring (bicyclic) bond motifs is 1. The fourth-order valence-electron chi connectivity index (χ4n) is 2.88. The third-order valence-electron chi connectivity index (χ3n) is 4.61. The van der Waals surface area contributed by atoms with Crippen LogP contribution in [0, 0.1) is 6.92 Å². The van der Waals surface area contributed by atoms with Gasteiger partial charge in [-0.2, -0.15) is 0 Å². The summed E-state index contributed by atoms with van der Waals surface area (Å²) in [5.41, 5.74) is 9.38. The molecule has 0 aliphatic carbocycles. The average molecular weight is 364 g/mol. The Balaban J connectivity index is 1.73. The van der Waals surface area contributed by atoms with E-state index in [4.69, 9.17) is 5.73 Å². The van der Waals surface area contributed by atoms with Crippen molar-refractivity contribution < 1.29 is 4.79 Å². The first-order valence-electron chi connectivity index (χ1n) is 8.98. The van der Waals surface area contributed by atoms with Crippen molar-refractivity contribution in [2.45, 2.75) is 32.7 Å². The molecule has 0 aliphatic rings. The number of nitrogens with zero attached hydrogens (tertiary/aromatic N) is 2. The van der Waals surface area contributed by atoms with E-state index in [1.54, 1.807) is 12.3 Å². The van der Waals surface area contributed by atoms with Crippen molar-refractivity contribution in [2.75, 3.05) is 6.54 Å². The first-order chi connectivity index (χ1) is 12.9. The van der Waals surface area contributed by atoms with Gasteiger partial charge in [0.25, 0.3) is 11.5 Å². The molecule has 27 heavy (non-hydrogen) atoms. The Morgan fingerprint density at radius 2 is 1.81 bits per heavy atom. The predicted octanol–water partition coefficient (Wildman–Crippen LogP) is 2.56. The van der Waals surface area contributed by atoms with Crippen molar-refractivity contribution >= 4 is 11.6 Å². The third kappa shape index (κ3) is 4.06. The largest absolute Gasteiger partial charge is 0.350 e. The van der Waals surface area contributed by atoms with Crippen LogP contribution < -0.4 is 16.6 Å². The number of carbonyl (C=O) groups excluding carboxylic acids is 1. The van der Waals surface area contributed by atoms with Crippen LogP contribution in [0.4, 0.5) is 0 Å². The standard InChI is InChI=1S/C21H24N4O2/c1-13(2)15-5-7-16(8-6-15)18(22)11-24-20(26)17-10-23-19-9-4-14(3)12-25(19)21(17)27/h4-10,12-13,18H,11,22H2,1-3H3,(H,24,26). The van der Waals surface area contributed by atoms with Gasteiger partial charge in [-0.05, 0) is 35.6 Å². The van der Waals surface area contributed by atoms with E-state index in [1.165, 1.54) is 16.2 Å². The Kier molecular flexibility index (Phi) is 5.37. The summed E-state index contributed by atoms with van der Waals surface area (Å²) >= 11 is 0. The van der Waals surface area contributed by atoms with Gasteiger partial charge in [-0.3, -0.25) is 14.0 Å². The summed E-state index contributed by atoms with van der Waals surface area (Å²) in [6.45, 7) is 6.37. The monoisotopic (exact) mass is 364 g/mol. The molecule has 6 heteroatoms. The lowest BCUT2D eigenvalue weighted by molar-refractivity contribution is 0.0949. The number of carbonyl (C=O) groups is 1. The number of hydrogen-bond acceptors (Lipinski definition) is 4. The molecule has 2 heterocycles. The normalized spacial score (nSPS) is 12.3. The molecule has 0 radical (unpaired) electrons. The molecule has 1 atom stereocenters. The number of rotatable bonds is 5. The molecule has 0 saturated carbocycles. The first-order valence-corrected chi connectivity index (χ1v) is 8.98. The third-order valence-corrected chi connectivity index (χ3v) is 4.61. The molecule has 3 N–H and O–H groups in total. The summed E-state index contributed by atoms with van der Waals surface area (Å²) in [5.74, 6) is -0.0235. The molecule has 1 unspecified atom stereocenters. The van der Waals surface area contributed by atoms with Crippen molar-refractivity contribution in [3.8, 4) is 0 Å². The molecule has 1 aromatic carbocycles. The number of pyridine rings is 1. The number of nitrogens with two attached hydrogens (primary N) is 1. The van der Waals surface area contributed by atoms with Crippen molar-refractivity contribution in [3.63, 3.8) is 0 Å². The Labute approximate surface area is 158 Å². The minimum atomic E-state index is -0.474. The summed E-state index contributed by atoms with van der Waals surface area (Å²) in [6.07, 6.45) is 2.98. The molecule has 3 rings (SSSR count). The Hall–Kier alpha value is -2.99. The molecular weight excluding hydrogens is 340 g/mol. The van der Waals surface area contributed by atoms with E-state index in [-0.39, 0.29) is 18.2 Å². The average Bonchev–Trinajstić information content (AvgIpc) is 2.66. The van der Waals surface area contributed by atoms with Crippen LogP contribution in [0.5, 0.6) is 0 Å². The maximum Gasteiger partial charge on any atom is 0.270 e. The molecule has 140 valence electrons. The zero-order chi connectivity index (χ0) is 19.6. The van der Waals surface area contributed by atoms with Gasteiger partial charge in [0.1, 0.15) is 11.2 Å². The van der Waals surface area contributed by atoms with E-state index < -0.39 is 11.5 Å². The fourth-order valence-corrected chi connectivity index (χ4v) is 2.88. The van der Waals surface area contributed by atoms with Gasteiger partial charge in [-0.1, -0.05) is 44.2 Å². The SMILES string of the molecule is Cc1ccc2ncc(C(=O)NCC(N)c3ccc(C(C)C)cc3)c(=O)n2c1. The molecule has 0 bridgehead atoms. The van der Waals surface area contributed by atoms with Crippen molar-refractivity contribution in [3.05, 3.63) is 81.4 Å². The number of aryl methyl sites for hydroxylation is 1. The zero-order valence-corrected chi connectivity index (χ0v) is 15.8. The number of amides is 1. The number of hydrogen-bond donors (Lipinski definition) is 2. The van der Waals surface area contributed by atoms with Gasteiger partial charge in [0.05, 0.1) is 0 Å². The molecule has 0 aliphatic heterocycles. The summed E-state index contributed by atoms with van der Waals surface area (Å²) < 4.78 is 1.38. The molecule has 2 aromatic heterocycles. The maximum atomic E-state index is 12.6. The summed E-state index contributed by atoms with van der Waals surface area (Å²) in [5, 5.41) is 2.74. The minimum Gasteiger partial charge on any atom is -0.350 e. The zero-order valence-electron chi connectivity index (χ0n) is 15.8. The second kappa shape index (κ2) is 7.72. The van der Waals surface area contributed by atoms with Crippen LogP contribution in [0.3, 0.4) is 0 Å². The van der Waals surface area contributed by atoms with Crippen LogP contribution in [0.25, 0.3) is 5.65 Å². The van der Waals surface area contributed by atoms with Gasteiger partial charge >= 0.3 is 0 Å². The second-order valence-corrected chi connectivity index (χ2v) is 7.05. The topological polar surface area (TPSA) is 89.5 Å². The Bertz CT molecular complexity index is 1020. The number of benzene rings is 1. The Morgan fingerprint density at radius 1 is 1.15 bits per heavy atom. The molecule has 3 aromatic rings. The van der Waals surface area contributed by atoms with Crippen LogP contribution in [-0.2, 0) is 0 Å². The fraction of sp³-hybridized carbons (Fsp3) is 0.286. The minimum absolute atomic E-state index is 0.000422. The van der Waals surface area contributed by atoms with Gasteiger partial charge < -0.3 is 11.1 Å². The first kappa shape index (κ1) is 18.8. The van der Waals surface area contributed by atoms with Crippen molar-refractivity contribution in [2.24, 2.45) is 5.73 Å². The summed E-state index contributed by atoms with van der Waals surface area (Å²) in [4.78, 5) is 29.2. The molecule has 6 nitrogen and oxygen atoms in total. The second-order valence-electron chi connectivity index (χ2n) is 7.05. The quantitative estimate of drug-likeness (QED) is 0.728. The van der Waals surface area contributed by atoms with E-state index >= 15 is 0 Å². The lowest BCUT2D eigenvalue weighted by Crippen LogP contribution is -2.36. The Morgan fingerprint density at radius 3 is 2.48 bits per heavy atom. The molecule has 1 amide bonds. The lowest BCUT2D eigenvalue weighted by Gasteiger charge is -2.14. The van der Waals surface area contributed by atoms with Gasteiger partial charge in [-0.25, -0.2) is 4.98 Å². The highest BCUT2D eigenvalue weighted by atomic mass is 16.2. The summed E-state index contributed by atoms with van der Waals surface area (Å²) in [6, 6.07) is 11.3. The van der Waals surface area contributed by atoms with Crippen LogP contribution in [0.2, 0.25) is 0 Å². The lowest BCUT2D eigenvalue weighted by atomic mass is 9.99. The van der Waals surface area contributed by atoms with Crippen LogP contribution in [-0.4, -0.2) is 21.8 Å². The summed E-state index contributed by atoms with van der Waals surface area (Å²) in [7, 11) is 0. The smallest absolute Gasteiger partial charge is 0.270 e. The van der Waals surface area contributed by atoms with E-state index in [0.717, 1.165) is 11.1 Å². The van der Waals surface area contributed by atoms with E-state index in [0.29, 0.717) is 11.6 Å².